The van der Waals surface area contributed by atoms with Gasteiger partial charge in [0.2, 0.25) is 0 Å². The third kappa shape index (κ3) is 3.34. The van der Waals surface area contributed by atoms with Gasteiger partial charge in [0.15, 0.2) is 5.69 Å². The van der Waals surface area contributed by atoms with Crippen LogP contribution in [-0.2, 0) is 5.41 Å². The lowest BCUT2D eigenvalue weighted by Gasteiger charge is -2.21. The predicted octanol–water partition coefficient (Wildman–Crippen LogP) is 10.6. The van der Waals surface area contributed by atoms with Crippen LogP contribution >= 0.6 is 0 Å². The molecule has 8 aromatic rings. The summed E-state index contributed by atoms with van der Waals surface area (Å²) in [5.41, 5.74) is 12.7. The van der Waals surface area contributed by atoms with Crippen LogP contribution in [0.3, 0.4) is 0 Å². The number of hydrogen-bond donors (Lipinski definition) is 0. The molecule has 4 nitrogen and oxygen atoms in total. The van der Waals surface area contributed by atoms with E-state index >= 15 is 0 Å². The Hall–Kier alpha value is -6.10. The molecule has 2 aromatic heterocycles. The quantitative estimate of drug-likeness (QED) is 0.189. The van der Waals surface area contributed by atoms with Gasteiger partial charge in [-0.2, -0.15) is 5.26 Å². The Balaban J connectivity index is 1.34. The van der Waals surface area contributed by atoms with Gasteiger partial charge in [-0.3, -0.25) is 0 Å². The molecule has 0 spiro atoms. The fraction of sp³-hybridized carbons (Fsp3) is 0.0732. The first-order chi connectivity index (χ1) is 22.0. The van der Waals surface area contributed by atoms with Crippen molar-refractivity contribution in [3.05, 3.63) is 149 Å². The number of rotatable bonds is 2. The molecular weight excluding hydrogens is 548 g/mol. The summed E-state index contributed by atoms with van der Waals surface area (Å²) in [5.74, 6) is 0. The van der Waals surface area contributed by atoms with Crippen LogP contribution in [0.4, 0.5) is 5.69 Å². The normalized spacial score (nSPS) is 13.2. The summed E-state index contributed by atoms with van der Waals surface area (Å²) in [6.07, 6.45) is 0. The first-order valence-corrected chi connectivity index (χ1v) is 15.1. The average Bonchev–Trinajstić information content (AvgIpc) is 3.67. The molecule has 9 rings (SSSR count). The van der Waals surface area contributed by atoms with Crippen molar-refractivity contribution in [3.63, 3.8) is 0 Å². The highest BCUT2D eigenvalue weighted by Gasteiger charge is 2.37. The average molecular weight is 575 g/mol. The van der Waals surface area contributed by atoms with E-state index in [0.717, 1.165) is 49.8 Å². The van der Waals surface area contributed by atoms with E-state index in [1.54, 1.807) is 0 Å². The van der Waals surface area contributed by atoms with Crippen LogP contribution in [-0.4, -0.2) is 9.13 Å². The van der Waals surface area contributed by atoms with Crippen molar-refractivity contribution in [1.82, 2.24) is 9.13 Å². The highest BCUT2D eigenvalue weighted by atomic mass is 15.0. The molecule has 0 amide bonds. The summed E-state index contributed by atoms with van der Waals surface area (Å²) in [6, 6.07) is 44.7. The number of aromatic nitrogens is 2. The van der Waals surface area contributed by atoms with Gasteiger partial charge in [-0.05, 0) is 82.9 Å². The molecule has 0 bridgehead atoms. The van der Waals surface area contributed by atoms with E-state index in [1.807, 2.05) is 18.2 Å². The lowest BCUT2D eigenvalue weighted by molar-refractivity contribution is 0.661. The highest BCUT2D eigenvalue weighted by Crippen LogP contribution is 2.54. The third-order valence-electron chi connectivity index (χ3n) is 9.73. The van der Waals surface area contributed by atoms with Crippen LogP contribution in [0.5, 0.6) is 0 Å². The molecule has 6 aromatic carbocycles. The lowest BCUT2D eigenvalue weighted by Crippen LogP contribution is -2.14. The molecule has 0 N–H and O–H groups in total. The van der Waals surface area contributed by atoms with Gasteiger partial charge in [0.25, 0.3) is 0 Å². The number of benzene rings is 6. The molecule has 1 aliphatic rings. The number of nitriles is 1. The van der Waals surface area contributed by atoms with Crippen molar-refractivity contribution in [2.45, 2.75) is 19.3 Å². The van der Waals surface area contributed by atoms with E-state index in [1.165, 1.54) is 27.5 Å². The smallest absolute Gasteiger partial charge is 0.187 e. The molecule has 0 atom stereocenters. The second-order valence-corrected chi connectivity index (χ2v) is 12.4. The molecule has 0 aliphatic heterocycles. The van der Waals surface area contributed by atoms with Crippen LogP contribution < -0.4 is 0 Å². The molecule has 0 radical (unpaired) electrons. The van der Waals surface area contributed by atoms with E-state index in [0.29, 0.717) is 11.3 Å². The fourth-order valence-corrected chi connectivity index (χ4v) is 7.73. The van der Waals surface area contributed by atoms with Gasteiger partial charge >= 0.3 is 0 Å². The largest absolute Gasteiger partial charge is 0.309 e. The number of nitrogens with zero attached hydrogens (tertiary/aromatic N) is 4. The first-order valence-electron chi connectivity index (χ1n) is 15.1. The van der Waals surface area contributed by atoms with Gasteiger partial charge < -0.3 is 9.13 Å². The molecule has 4 heteroatoms. The van der Waals surface area contributed by atoms with E-state index in [4.69, 9.17) is 6.57 Å². The maximum atomic E-state index is 9.60. The van der Waals surface area contributed by atoms with E-state index in [9.17, 15) is 5.26 Å². The summed E-state index contributed by atoms with van der Waals surface area (Å²) in [5, 5.41) is 14.2. The monoisotopic (exact) mass is 574 g/mol. The standard InChI is InChI=1S/C41H26N4/c1-41(2)33-17-16-26(43-3)22-32(33)39-34(41)18-20-38-40(39)30-12-5-7-14-36(30)45(38)28-10-8-9-27(23-28)44-35-13-6-4-11-29(35)31-21-25(24-42)15-19-37(31)44/h4-23H,1-2H3. The highest BCUT2D eigenvalue weighted by molar-refractivity contribution is 6.18. The van der Waals surface area contributed by atoms with Crippen LogP contribution in [0.25, 0.3) is 71.0 Å². The lowest BCUT2D eigenvalue weighted by atomic mass is 9.82. The zero-order valence-electron chi connectivity index (χ0n) is 24.8. The third-order valence-corrected chi connectivity index (χ3v) is 9.73. The van der Waals surface area contributed by atoms with Gasteiger partial charge in [-0.15, -0.1) is 0 Å². The Morgan fingerprint density at radius 2 is 1.27 bits per heavy atom. The van der Waals surface area contributed by atoms with Gasteiger partial charge in [0.05, 0.1) is 40.3 Å². The molecule has 0 fully saturated rings. The number of fused-ring (bicyclic) bond motifs is 10. The van der Waals surface area contributed by atoms with Gasteiger partial charge in [-0.1, -0.05) is 74.5 Å². The zero-order chi connectivity index (χ0) is 30.4. The number of para-hydroxylation sites is 2. The van der Waals surface area contributed by atoms with Crippen molar-refractivity contribution in [3.8, 4) is 28.6 Å². The Bertz CT molecular complexity index is 2650. The van der Waals surface area contributed by atoms with E-state index in [-0.39, 0.29) is 5.41 Å². The van der Waals surface area contributed by atoms with Crippen molar-refractivity contribution in [2.24, 2.45) is 0 Å². The molecule has 45 heavy (non-hydrogen) atoms. The topological polar surface area (TPSA) is 38.0 Å². The molecule has 210 valence electrons. The molecule has 0 saturated carbocycles. The van der Waals surface area contributed by atoms with Crippen LogP contribution in [0.1, 0.15) is 30.5 Å². The van der Waals surface area contributed by atoms with Crippen molar-refractivity contribution in [1.29, 1.82) is 5.26 Å². The van der Waals surface area contributed by atoms with Gasteiger partial charge in [0, 0.05) is 38.3 Å². The Labute approximate surface area is 260 Å². The van der Waals surface area contributed by atoms with Crippen LogP contribution in [0.15, 0.2) is 121 Å². The maximum absolute atomic E-state index is 9.60. The maximum Gasteiger partial charge on any atom is 0.187 e. The first kappa shape index (κ1) is 25.4. The minimum Gasteiger partial charge on any atom is -0.309 e. The van der Waals surface area contributed by atoms with Crippen LogP contribution in [0.2, 0.25) is 0 Å². The van der Waals surface area contributed by atoms with Crippen molar-refractivity contribution >= 4 is 49.3 Å². The summed E-state index contributed by atoms with van der Waals surface area (Å²) in [4.78, 5) is 3.78. The Morgan fingerprint density at radius 1 is 0.622 bits per heavy atom. The Morgan fingerprint density at radius 3 is 2.02 bits per heavy atom. The molecule has 2 heterocycles. The summed E-state index contributed by atoms with van der Waals surface area (Å²) in [6.45, 7) is 12.3. The minimum absolute atomic E-state index is 0.162. The molecule has 0 unspecified atom stereocenters. The summed E-state index contributed by atoms with van der Waals surface area (Å²) >= 11 is 0. The second kappa shape index (κ2) is 8.96. The van der Waals surface area contributed by atoms with Gasteiger partial charge in [-0.25, -0.2) is 4.85 Å². The Kier molecular flexibility index (Phi) is 5.06. The predicted molar refractivity (Wildman–Crippen MR) is 184 cm³/mol. The summed E-state index contributed by atoms with van der Waals surface area (Å²) in [7, 11) is 0. The molecular formula is C41H26N4. The summed E-state index contributed by atoms with van der Waals surface area (Å²) < 4.78 is 4.67. The van der Waals surface area contributed by atoms with Gasteiger partial charge in [0.1, 0.15) is 0 Å². The minimum atomic E-state index is -0.162. The second-order valence-electron chi connectivity index (χ2n) is 12.4. The SMILES string of the molecule is [C-]#[N+]c1ccc2c(c1)-c1c(ccc3c1c1ccccc1n3-c1cccc(-n3c4ccccc4c4cc(C#N)ccc43)c1)C2(C)C. The van der Waals surface area contributed by atoms with Crippen molar-refractivity contribution in [2.75, 3.05) is 0 Å². The van der Waals surface area contributed by atoms with Crippen molar-refractivity contribution < 1.29 is 0 Å². The molecule has 0 saturated heterocycles. The van der Waals surface area contributed by atoms with Crippen LogP contribution in [0, 0.1) is 17.9 Å². The number of hydrogen-bond acceptors (Lipinski definition) is 1. The van der Waals surface area contributed by atoms with E-state index in [2.05, 4.69) is 137 Å². The molecule has 1 aliphatic carbocycles. The fourth-order valence-electron chi connectivity index (χ4n) is 7.73. The zero-order valence-corrected chi connectivity index (χ0v) is 24.8. The van der Waals surface area contributed by atoms with E-state index < -0.39 is 0 Å².